The van der Waals surface area contributed by atoms with Crippen LogP contribution in [0.3, 0.4) is 0 Å². The van der Waals surface area contributed by atoms with Crippen molar-refractivity contribution < 1.29 is 28.3 Å². The van der Waals surface area contributed by atoms with Gasteiger partial charge in [0.1, 0.15) is 12.4 Å². The molecule has 28 heavy (non-hydrogen) atoms. The monoisotopic (exact) mass is 378 g/mol. The number of ketones is 1. The Morgan fingerprint density at radius 3 is 2.32 bits per heavy atom. The molecular formula is C22H18O6. The maximum Gasteiger partial charge on any atom is 0.374 e. The SMILES string of the molecule is COC(=O)c1cccc(COC(=O)c2ccc(-c3ccc(C(C)=O)cc3)o2)c1. The lowest BCUT2D eigenvalue weighted by Crippen LogP contribution is -2.06. The van der Waals surface area contributed by atoms with Gasteiger partial charge < -0.3 is 13.9 Å². The molecule has 0 N–H and O–H groups in total. The Balaban J connectivity index is 1.66. The van der Waals surface area contributed by atoms with Gasteiger partial charge in [-0.15, -0.1) is 0 Å². The second kappa shape index (κ2) is 8.35. The van der Waals surface area contributed by atoms with Crippen LogP contribution in [-0.4, -0.2) is 24.8 Å². The number of carbonyl (C=O) groups excluding carboxylic acids is 3. The summed E-state index contributed by atoms with van der Waals surface area (Å²) in [4.78, 5) is 35.1. The molecule has 0 saturated heterocycles. The highest BCUT2D eigenvalue weighted by atomic mass is 16.5. The predicted molar refractivity (Wildman–Crippen MR) is 101 cm³/mol. The maximum atomic E-state index is 12.2. The Labute approximate surface area is 161 Å². The quantitative estimate of drug-likeness (QED) is 0.470. The first kappa shape index (κ1) is 19.1. The number of hydrogen-bond donors (Lipinski definition) is 0. The fourth-order valence-electron chi connectivity index (χ4n) is 2.60. The third-order valence-corrected chi connectivity index (χ3v) is 4.10. The second-order valence-electron chi connectivity index (χ2n) is 6.07. The molecule has 0 radical (unpaired) electrons. The molecule has 0 bridgehead atoms. The number of carbonyl (C=O) groups is 3. The molecule has 6 nitrogen and oxygen atoms in total. The third kappa shape index (κ3) is 4.35. The van der Waals surface area contributed by atoms with Crippen LogP contribution in [0.15, 0.2) is 65.1 Å². The fraction of sp³-hybridized carbons (Fsp3) is 0.136. The number of esters is 2. The molecule has 0 aliphatic rings. The van der Waals surface area contributed by atoms with Gasteiger partial charge in [-0.2, -0.15) is 0 Å². The van der Waals surface area contributed by atoms with E-state index in [4.69, 9.17) is 9.15 Å². The topological polar surface area (TPSA) is 82.8 Å². The van der Waals surface area contributed by atoms with Crippen molar-refractivity contribution >= 4 is 17.7 Å². The van der Waals surface area contributed by atoms with E-state index >= 15 is 0 Å². The van der Waals surface area contributed by atoms with Gasteiger partial charge in [-0.05, 0) is 36.8 Å². The normalized spacial score (nSPS) is 10.4. The minimum Gasteiger partial charge on any atom is -0.465 e. The van der Waals surface area contributed by atoms with Gasteiger partial charge in [0.25, 0.3) is 0 Å². The Kier molecular flexibility index (Phi) is 5.69. The van der Waals surface area contributed by atoms with E-state index < -0.39 is 11.9 Å². The average Bonchev–Trinajstić information content (AvgIpc) is 3.22. The van der Waals surface area contributed by atoms with E-state index in [2.05, 4.69) is 4.74 Å². The van der Waals surface area contributed by atoms with Crippen LogP contribution in [0.5, 0.6) is 0 Å². The molecule has 1 aromatic heterocycles. The second-order valence-corrected chi connectivity index (χ2v) is 6.07. The van der Waals surface area contributed by atoms with Crippen molar-refractivity contribution in [2.45, 2.75) is 13.5 Å². The van der Waals surface area contributed by atoms with Gasteiger partial charge in [-0.3, -0.25) is 4.79 Å². The van der Waals surface area contributed by atoms with E-state index in [9.17, 15) is 14.4 Å². The smallest absolute Gasteiger partial charge is 0.374 e. The molecule has 0 amide bonds. The number of rotatable bonds is 6. The Morgan fingerprint density at radius 1 is 0.893 bits per heavy atom. The molecule has 6 heteroatoms. The van der Waals surface area contributed by atoms with Crippen molar-refractivity contribution in [1.29, 1.82) is 0 Å². The van der Waals surface area contributed by atoms with Gasteiger partial charge in [0.05, 0.1) is 12.7 Å². The summed E-state index contributed by atoms with van der Waals surface area (Å²) < 4.78 is 15.5. The molecule has 1 heterocycles. The fourth-order valence-corrected chi connectivity index (χ4v) is 2.60. The largest absolute Gasteiger partial charge is 0.465 e. The molecular weight excluding hydrogens is 360 g/mol. The lowest BCUT2D eigenvalue weighted by Gasteiger charge is -2.05. The number of hydrogen-bond acceptors (Lipinski definition) is 6. The minimum absolute atomic E-state index is 0.00694. The van der Waals surface area contributed by atoms with Gasteiger partial charge in [0.2, 0.25) is 5.76 Å². The van der Waals surface area contributed by atoms with E-state index in [1.165, 1.54) is 20.1 Å². The van der Waals surface area contributed by atoms with Crippen LogP contribution in [0.25, 0.3) is 11.3 Å². The van der Waals surface area contributed by atoms with Crippen molar-refractivity contribution in [2.75, 3.05) is 7.11 Å². The molecule has 0 aliphatic heterocycles. The predicted octanol–water partition coefficient (Wildman–Crippen LogP) is 4.29. The zero-order valence-electron chi connectivity index (χ0n) is 15.4. The van der Waals surface area contributed by atoms with Gasteiger partial charge in [0, 0.05) is 11.1 Å². The van der Waals surface area contributed by atoms with Crippen LogP contribution >= 0.6 is 0 Å². The molecule has 0 saturated carbocycles. The van der Waals surface area contributed by atoms with Crippen LogP contribution in [0.1, 0.15) is 43.8 Å². The van der Waals surface area contributed by atoms with Gasteiger partial charge in [-0.1, -0.05) is 36.4 Å². The summed E-state index contributed by atoms with van der Waals surface area (Å²) in [6, 6.07) is 16.7. The first-order chi connectivity index (χ1) is 13.5. The first-order valence-corrected chi connectivity index (χ1v) is 8.53. The maximum absolute atomic E-state index is 12.2. The van der Waals surface area contributed by atoms with E-state index in [1.807, 2.05) is 0 Å². The Morgan fingerprint density at radius 2 is 1.64 bits per heavy atom. The van der Waals surface area contributed by atoms with Gasteiger partial charge in [-0.25, -0.2) is 9.59 Å². The zero-order chi connectivity index (χ0) is 20.1. The summed E-state index contributed by atoms with van der Waals surface area (Å²) in [7, 11) is 1.30. The lowest BCUT2D eigenvalue weighted by molar-refractivity contribution is 0.0437. The highest BCUT2D eigenvalue weighted by Gasteiger charge is 2.15. The highest BCUT2D eigenvalue weighted by molar-refractivity contribution is 5.94. The number of furan rings is 1. The highest BCUT2D eigenvalue weighted by Crippen LogP contribution is 2.23. The van der Waals surface area contributed by atoms with Crippen LogP contribution in [-0.2, 0) is 16.1 Å². The van der Waals surface area contributed by atoms with Crippen molar-refractivity contribution in [1.82, 2.24) is 0 Å². The van der Waals surface area contributed by atoms with Crippen LogP contribution in [0, 0.1) is 0 Å². The first-order valence-electron chi connectivity index (χ1n) is 8.53. The number of Topliss-reactive ketones (excluding diaryl/α,β-unsaturated/α-hetero) is 1. The molecule has 0 atom stereocenters. The molecule has 0 aliphatic carbocycles. The molecule has 2 aromatic carbocycles. The van der Waals surface area contributed by atoms with E-state index in [0.717, 1.165) is 5.56 Å². The molecule has 0 fully saturated rings. The summed E-state index contributed by atoms with van der Waals surface area (Å²) in [5, 5.41) is 0. The van der Waals surface area contributed by atoms with Crippen molar-refractivity contribution in [3.8, 4) is 11.3 Å². The summed E-state index contributed by atoms with van der Waals surface area (Å²) in [6.45, 7) is 1.49. The Bertz CT molecular complexity index is 1010. The lowest BCUT2D eigenvalue weighted by atomic mass is 10.1. The third-order valence-electron chi connectivity index (χ3n) is 4.10. The average molecular weight is 378 g/mol. The Hall–Kier alpha value is -3.67. The van der Waals surface area contributed by atoms with E-state index in [1.54, 1.807) is 54.6 Å². The molecule has 142 valence electrons. The standard InChI is InChI=1S/C22H18O6/c1-14(23)16-6-8-17(9-7-16)19-10-11-20(28-19)22(25)27-13-15-4-3-5-18(12-15)21(24)26-2/h3-12H,13H2,1-2H3. The summed E-state index contributed by atoms with van der Waals surface area (Å²) in [5.41, 5.74) is 2.38. The summed E-state index contributed by atoms with van der Waals surface area (Å²) in [6.07, 6.45) is 0. The van der Waals surface area contributed by atoms with Gasteiger partial charge >= 0.3 is 11.9 Å². The number of ether oxygens (including phenoxy) is 2. The molecule has 0 unspecified atom stereocenters. The number of methoxy groups -OCH3 is 1. The van der Waals surface area contributed by atoms with Crippen LogP contribution in [0.4, 0.5) is 0 Å². The summed E-state index contributed by atoms with van der Waals surface area (Å²) >= 11 is 0. The van der Waals surface area contributed by atoms with Crippen molar-refractivity contribution in [3.05, 3.63) is 83.1 Å². The van der Waals surface area contributed by atoms with E-state index in [0.29, 0.717) is 22.5 Å². The van der Waals surface area contributed by atoms with Gasteiger partial charge in [0.15, 0.2) is 5.78 Å². The van der Waals surface area contributed by atoms with Crippen molar-refractivity contribution in [2.24, 2.45) is 0 Å². The number of benzene rings is 2. The van der Waals surface area contributed by atoms with Crippen LogP contribution in [0.2, 0.25) is 0 Å². The van der Waals surface area contributed by atoms with Crippen molar-refractivity contribution in [3.63, 3.8) is 0 Å². The van der Waals surface area contributed by atoms with E-state index in [-0.39, 0.29) is 18.2 Å². The molecule has 3 rings (SSSR count). The molecule has 3 aromatic rings. The zero-order valence-corrected chi connectivity index (χ0v) is 15.4. The minimum atomic E-state index is -0.616. The van der Waals surface area contributed by atoms with Crippen LogP contribution < -0.4 is 0 Å². The summed E-state index contributed by atoms with van der Waals surface area (Å²) in [5.74, 6) is -0.536. The molecule has 0 spiro atoms.